The zero-order chi connectivity index (χ0) is 15.6. The number of pyridine rings is 2. The molecular formula is C15H17N3O3. The number of aromatic amines is 1. The maximum Gasteiger partial charge on any atom is 0.341 e. The Bertz CT molecular complexity index is 718. The fraction of sp³-hybridized carbons (Fsp3) is 0.267. The number of carboxylic acid groups (broad SMARTS) is 1. The summed E-state index contributed by atoms with van der Waals surface area (Å²) in [5, 5.41) is 9.01. The van der Waals surface area contributed by atoms with Gasteiger partial charge in [-0.25, -0.2) is 9.78 Å². The number of hydrogen-bond donors (Lipinski definition) is 2. The van der Waals surface area contributed by atoms with E-state index in [9.17, 15) is 9.59 Å². The molecule has 2 rings (SSSR count). The molecule has 0 spiro atoms. The van der Waals surface area contributed by atoms with Gasteiger partial charge in [-0.2, -0.15) is 0 Å². The quantitative estimate of drug-likeness (QED) is 0.895. The van der Waals surface area contributed by atoms with Crippen LogP contribution < -0.4 is 10.5 Å². The summed E-state index contributed by atoms with van der Waals surface area (Å²) in [4.78, 5) is 31.7. The second kappa shape index (κ2) is 5.78. The second-order valence-corrected chi connectivity index (χ2v) is 4.87. The normalized spacial score (nSPS) is 10.4. The zero-order valence-electron chi connectivity index (χ0n) is 12.2. The van der Waals surface area contributed by atoms with Crippen molar-refractivity contribution in [2.24, 2.45) is 0 Å². The molecule has 2 aromatic heterocycles. The number of H-pyrrole nitrogens is 1. The minimum absolute atomic E-state index is 0.242. The molecule has 2 aromatic rings. The number of aryl methyl sites for hydroxylation is 1. The minimum atomic E-state index is -1.22. The molecule has 2 N–H and O–H groups in total. The Labute approximate surface area is 122 Å². The van der Waals surface area contributed by atoms with Crippen molar-refractivity contribution in [1.29, 1.82) is 0 Å². The molecule has 0 atom stereocenters. The summed E-state index contributed by atoms with van der Waals surface area (Å²) in [6, 6.07) is 5.13. The summed E-state index contributed by atoms with van der Waals surface area (Å²) in [5.74, 6) is -0.417. The van der Waals surface area contributed by atoms with Crippen molar-refractivity contribution < 1.29 is 9.90 Å². The average Bonchev–Trinajstić information content (AvgIpc) is 2.46. The van der Waals surface area contributed by atoms with Crippen LogP contribution in [0.2, 0.25) is 0 Å². The van der Waals surface area contributed by atoms with Gasteiger partial charge in [-0.05, 0) is 30.2 Å². The van der Waals surface area contributed by atoms with Crippen molar-refractivity contribution in [2.45, 2.75) is 13.3 Å². The molecule has 2 heterocycles. The third-order valence-electron chi connectivity index (χ3n) is 3.23. The number of rotatable bonds is 4. The van der Waals surface area contributed by atoms with E-state index in [-0.39, 0.29) is 5.56 Å². The van der Waals surface area contributed by atoms with Crippen LogP contribution >= 0.6 is 0 Å². The largest absolute Gasteiger partial charge is 0.477 e. The van der Waals surface area contributed by atoms with Crippen molar-refractivity contribution in [1.82, 2.24) is 9.97 Å². The van der Waals surface area contributed by atoms with Crippen LogP contribution in [-0.2, 0) is 6.42 Å². The molecule has 0 unspecified atom stereocenters. The van der Waals surface area contributed by atoms with Gasteiger partial charge in [0.25, 0.3) is 5.56 Å². The molecule has 0 saturated heterocycles. The highest BCUT2D eigenvalue weighted by Crippen LogP contribution is 2.22. The summed E-state index contributed by atoms with van der Waals surface area (Å²) < 4.78 is 0. The van der Waals surface area contributed by atoms with Crippen LogP contribution in [0.3, 0.4) is 0 Å². The third-order valence-corrected chi connectivity index (χ3v) is 3.23. The summed E-state index contributed by atoms with van der Waals surface area (Å²) in [6.07, 6.45) is 2.28. The predicted octanol–water partition coefficient (Wildman–Crippen LogP) is 1.76. The molecule has 0 aliphatic carbocycles. The lowest BCUT2D eigenvalue weighted by atomic mass is 10.0. The number of hydrogen-bond acceptors (Lipinski definition) is 4. The van der Waals surface area contributed by atoms with Crippen LogP contribution in [0, 0.1) is 0 Å². The summed E-state index contributed by atoms with van der Waals surface area (Å²) in [5.41, 5.74) is 1.29. The Balaban J connectivity index is 2.55. The van der Waals surface area contributed by atoms with Gasteiger partial charge >= 0.3 is 5.97 Å². The van der Waals surface area contributed by atoms with E-state index in [2.05, 4.69) is 9.97 Å². The first-order chi connectivity index (χ1) is 9.93. The van der Waals surface area contributed by atoms with Crippen molar-refractivity contribution in [2.75, 3.05) is 19.0 Å². The molecule has 0 fully saturated rings. The number of nitrogens with zero attached hydrogens (tertiary/aromatic N) is 2. The first-order valence-electron chi connectivity index (χ1n) is 6.57. The van der Waals surface area contributed by atoms with Crippen molar-refractivity contribution in [3.05, 3.63) is 45.9 Å². The smallest absolute Gasteiger partial charge is 0.341 e. The Morgan fingerprint density at radius 1 is 1.38 bits per heavy atom. The highest BCUT2D eigenvalue weighted by molar-refractivity contribution is 5.88. The van der Waals surface area contributed by atoms with Crippen LogP contribution in [-0.4, -0.2) is 35.1 Å². The van der Waals surface area contributed by atoms with Gasteiger partial charge in [-0.15, -0.1) is 0 Å². The molecule has 6 heteroatoms. The molecule has 0 amide bonds. The molecule has 0 bridgehead atoms. The van der Waals surface area contributed by atoms with Crippen molar-refractivity contribution in [3.63, 3.8) is 0 Å². The Morgan fingerprint density at radius 3 is 2.57 bits per heavy atom. The summed E-state index contributed by atoms with van der Waals surface area (Å²) >= 11 is 0. The Kier molecular flexibility index (Phi) is 4.07. The van der Waals surface area contributed by atoms with Gasteiger partial charge < -0.3 is 15.0 Å². The fourth-order valence-corrected chi connectivity index (χ4v) is 2.07. The van der Waals surface area contributed by atoms with E-state index in [0.29, 0.717) is 12.1 Å². The van der Waals surface area contributed by atoms with Gasteiger partial charge in [-0.3, -0.25) is 4.79 Å². The van der Waals surface area contributed by atoms with Gasteiger partial charge in [0.2, 0.25) is 0 Å². The van der Waals surface area contributed by atoms with E-state index >= 15 is 0 Å². The third kappa shape index (κ3) is 2.94. The number of anilines is 1. The number of aromatic carboxylic acids is 1. The lowest BCUT2D eigenvalue weighted by molar-refractivity contribution is 0.0695. The van der Waals surface area contributed by atoms with Gasteiger partial charge in [0.05, 0.1) is 5.69 Å². The number of carboxylic acids is 1. The van der Waals surface area contributed by atoms with Crippen LogP contribution in [0.1, 0.15) is 22.8 Å². The maximum atomic E-state index is 11.8. The monoisotopic (exact) mass is 287 g/mol. The summed E-state index contributed by atoms with van der Waals surface area (Å²) in [7, 11) is 3.78. The van der Waals surface area contributed by atoms with E-state index in [1.165, 1.54) is 6.07 Å². The van der Waals surface area contributed by atoms with Gasteiger partial charge in [0.15, 0.2) is 0 Å². The molecule has 21 heavy (non-hydrogen) atoms. The van der Waals surface area contributed by atoms with E-state index in [4.69, 9.17) is 5.11 Å². The molecule has 110 valence electrons. The minimum Gasteiger partial charge on any atom is -0.477 e. The average molecular weight is 287 g/mol. The van der Waals surface area contributed by atoms with Gasteiger partial charge in [0.1, 0.15) is 11.4 Å². The highest BCUT2D eigenvalue weighted by atomic mass is 16.4. The molecule has 0 aliphatic rings. The number of aromatic nitrogens is 2. The molecule has 0 aromatic carbocycles. The highest BCUT2D eigenvalue weighted by Gasteiger charge is 2.14. The Morgan fingerprint density at radius 2 is 2.10 bits per heavy atom. The van der Waals surface area contributed by atoms with Crippen LogP contribution in [0.25, 0.3) is 11.3 Å². The maximum absolute atomic E-state index is 11.8. The van der Waals surface area contributed by atoms with Crippen LogP contribution in [0.5, 0.6) is 0 Å². The second-order valence-electron chi connectivity index (χ2n) is 4.87. The first-order valence-corrected chi connectivity index (χ1v) is 6.57. The summed E-state index contributed by atoms with van der Waals surface area (Å²) in [6.45, 7) is 1.91. The topological polar surface area (TPSA) is 86.3 Å². The molecular weight excluding hydrogens is 270 g/mol. The molecule has 6 nitrogen and oxygen atoms in total. The standard InChI is InChI=1S/C15H17N3O3/c1-4-9-7-11(15(20)21)14(19)17-13(9)10-5-6-12(16-8-10)18(2)3/h5-8H,4H2,1-3H3,(H,17,19)(H,20,21). The van der Waals surface area contributed by atoms with E-state index in [1.807, 2.05) is 38.1 Å². The first kappa shape index (κ1) is 14.8. The van der Waals surface area contributed by atoms with Crippen molar-refractivity contribution in [3.8, 4) is 11.3 Å². The van der Waals surface area contributed by atoms with Crippen LogP contribution in [0.15, 0.2) is 29.2 Å². The lowest BCUT2D eigenvalue weighted by Gasteiger charge is -2.13. The van der Waals surface area contributed by atoms with Gasteiger partial charge in [0, 0.05) is 25.9 Å². The van der Waals surface area contributed by atoms with Crippen molar-refractivity contribution >= 4 is 11.8 Å². The van der Waals surface area contributed by atoms with E-state index in [0.717, 1.165) is 16.9 Å². The molecule has 0 radical (unpaired) electrons. The molecule has 0 aliphatic heterocycles. The van der Waals surface area contributed by atoms with Gasteiger partial charge in [-0.1, -0.05) is 6.92 Å². The number of nitrogens with one attached hydrogen (secondary N) is 1. The lowest BCUT2D eigenvalue weighted by Crippen LogP contribution is -2.19. The SMILES string of the molecule is CCc1cc(C(=O)O)c(=O)[nH]c1-c1ccc(N(C)C)nc1. The van der Waals surface area contributed by atoms with E-state index in [1.54, 1.807) is 6.20 Å². The molecule has 0 saturated carbocycles. The van der Waals surface area contributed by atoms with Crippen LogP contribution in [0.4, 0.5) is 5.82 Å². The predicted molar refractivity (Wildman–Crippen MR) is 81.0 cm³/mol. The fourth-order valence-electron chi connectivity index (χ4n) is 2.07. The number of carbonyl (C=O) groups is 1. The Hall–Kier alpha value is -2.63. The zero-order valence-corrected chi connectivity index (χ0v) is 12.2. The van der Waals surface area contributed by atoms with E-state index < -0.39 is 11.5 Å².